The van der Waals surface area contributed by atoms with Crippen LogP contribution in [0.1, 0.15) is 18.4 Å². The summed E-state index contributed by atoms with van der Waals surface area (Å²) in [7, 11) is 0. The molecule has 6 heteroatoms. The maximum Gasteiger partial charge on any atom is 0.254 e. The number of hydrogen-bond acceptors (Lipinski definition) is 5. The molecule has 3 fully saturated rings. The molecule has 2 heterocycles. The van der Waals surface area contributed by atoms with E-state index in [-0.39, 0.29) is 47.7 Å². The first-order chi connectivity index (χ1) is 12.2. The van der Waals surface area contributed by atoms with Crippen LogP contribution < -0.4 is 9.47 Å². The Balaban J connectivity index is 1.29. The SMILES string of the molecule is O=C1[C@@H]2[C@H](C(=O)N1/N=C\c1ccc3c(c1)OCO3)[C@H]1C=C[C@H]2C12CC2. The van der Waals surface area contributed by atoms with Gasteiger partial charge in [-0.3, -0.25) is 9.59 Å². The van der Waals surface area contributed by atoms with Crippen molar-refractivity contribution in [2.75, 3.05) is 6.79 Å². The van der Waals surface area contributed by atoms with Crippen molar-refractivity contribution in [2.24, 2.45) is 34.2 Å². The topological polar surface area (TPSA) is 68.2 Å². The Morgan fingerprint density at radius 3 is 2.40 bits per heavy atom. The zero-order valence-corrected chi connectivity index (χ0v) is 13.4. The second-order valence-corrected chi connectivity index (χ2v) is 7.57. The standard InChI is InChI=1S/C19H16N2O4/c22-17-15-11-2-3-12(19(11)5-6-19)16(15)18(23)21(17)20-8-10-1-4-13-14(7-10)25-9-24-13/h1-4,7-8,11-12,15-16H,5-6,9H2/b20-8-/t11-,12-,15-,16+/m1/s1. The highest BCUT2D eigenvalue weighted by Gasteiger charge is 2.73. The number of imide groups is 1. The lowest BCUT2D eigenvalue weighted by Crippen LogP contribution is -2.30. The van der Waals surface area contributed by atoms with Crippen LogP contribution in [0.5, 0.6) is 11.5 Å². The maximum absolute atomic E-state index is 12.8. The molecule has 5 aliphatic rings. The molecule has 2 saturated carbocycles. The largest absolute Gasteiger partial charge is 0.454 e. The van der Waals surface area contributed by atoms with Crippen LogP contribution in [0.25, 0.3) is 0 Å². The van der Waals surface area contributed by atoms with Gasteiger partial charge in [-0.25, -0.2) is 0 Å². The summed E-state index contributed by atoms with van der Waals surface area (Å²) in [5, 5.41) is 5.30. The average Bonchev–Trinajstić information content (AvgIpc) is 2.90. The number of benzene rings is 1. The predicted octanol–water partition coefficient (Wildman–Crippen LogP) is 1.95. The predicted molar refractivity (Wildman–Crippen MR) is 86.8 cm³/mol. The van der Waals surface area contributed by atoms with E-state index in [1.54, 1.807) is 18.3 Å². The van der Waals surface area contributed by atoms with Crippen LogP contribution in [0.15, 0.2) is 35.5 Å². The van der Waals surface area contributed by atoms with Crippen LogP contribution in [0.3, 0.4) is 0 Å². The highest BCUT2D eigenvalue weighted by molar-refractivity contribution is 6.07. The van der Waals surface area contributed by atoms with Crippen LogP contribution in [-0.2, 0) is 9.59 Å². The van der Waals surface area contributed by atoms with Gasteiger partial charge in [0, 0.05) is 0 Å². The number of carbonyl (C=O) groups is 2. The molecule has 0 radical (unpaired) electrons. The summed E-state index contributed by atoms with van der Waals surface area (Å²) in [6.45, 7) is 0.208. The number of allylic oxidation sites excluding steroid dienone is 2. The van der Waals surface area contributed by atoms with Crippen molar-refractivity contribution in [3.05, 3.63) is 35.9 Å². The van der Waals surface area contributed by atoms with Crippen LogP contribution in [0.2, 0.25) is 0 Å². The molecule has 1 aromatic rings. The molecule has 6 rings (SSSR count). The van der Waals surface area contributed by atoms with Gasteiger partial charge < -0.3 is 9.47 Å². The van der Waals surface area contributed by atoms with E-state index in [0.717, 1.165) is 23.4 Å². The second kappa shape index (κ2) is 4.31. The van der Waals surface area contributed by atoms with Gasteiger partial charge in [0.25, 0.3) is 11.8 Å². The van der Waals surface area contributed by atoms with Crippen LogP contribution >= 0.6 is 0 Å². The smallest absolute Gasteiger partial charge is 0.254 e. The zero-order chi connectivity index (χ0) is 16.8. The molecule has 2 amide bonds. The van der Waals surface area contributed by atoms with Crippen molar-refractivity contribution >= 4 is 18.0 Å². The quantitative estimate of drug-likeness (QED) is 0.470. The van der Waals surface area contributed by atoms with E-state index in [9.17, 15) is 9.59 Å². The molecule has 0 aromatic heterocycles. The van der Waals surface area contributed by atoms with Gasteiger partial charge >= 0.3 is 0 Å². The van der Waals surface area contributed by atoms with Crippen LogP contribution in [0, 0.1) is 29.1 Å². The maximum atomic E-state index is 12.8. The first-order valence-corrected chi connectivity index (χ1v) is 8.69. The second-order valence-electron chi connectivity index (χ2n) is 7.57. The normalized spacial score (nSPS) is 35.4. The summed E-state index contributed by atoms with van der Waals surface area (Å²) >= 11 is 0. The first kappa shape index (κ1) is 13.6. The van der Waals surface area contributed by atoms with Gasteiger partial charge in [-0.15, -0.1) is 0 Å². The Bertz CT molecular complexity index is 851. The van der Waals surface area contributed by atoms with Gasteiger partial charge in [0.05, 0.1) is 18.1 Å². The molecule has 3 aliphatic carbocycles. The minimum atomic E-state index is -0.209. The van der Waals surface area contributed by atoms with Gasteiger partial charge in [0.1, 0.15) is 0 Å². The third-order valence-electron chi connectivity index (χ3n) is 6.55. The molecule has 25 heavy (non-hydrogen) atoms. The number of carbonyl (C=O) groups excluding carboxylic acids is 2. The molecule has 0 unspecified atom stereocenters. The third kappa shape index (κ3) is 1.57. The van der Waals surface area contributed by atoms with Crippen LogP contribution in [0.4, 0.5) is 0 Å². The minimum absolute atomic E-state index is 0.143. The number of amides is 2. The van der Waals surface area contributed by atoms with Gasteiger partial charge in [0.2, 0.25) is 6.79 Å². The highest BCUT2D eigenvalue weighted by atomic mass is 16.7. The summed E-state index contributed by atoms with van der Waals surface area (Å²) in [5.74, 6) is 1.09. The van der Waals surface area contributed by atoms with E-state index >= 15 is 0 Å². The zero-order valence-electron chi connectivity index (χ0n) is 13.4. The molecule has 1 aromatic carbocycles. The van der Waals surface area contributed by atoms with Crippen molar-refractivity contribution in [3.8, 4) is 11.5 Å². The Morgan fingerprint density at radius 2 is 1.72 bits per heavy atom. The molecule has 6 nitrogen and oxygen atoms in total. The Labute approximate surface area is 144 Å². The molecule has 4 atom stereocenters. The van der Waals surface area contributed by atoms with E-state index in [2.05, 4.69) is 17.3 Å². The molecule has 1 saturated heterocycles. The molecule has 2 bridgehead atoms. The van der Waals surface area contributed by atoms with Gasteiger partial charge in [-0.05, 0) is 53.9 Å². The average molecular weight is 336 g/mol. The Morgan fingerprint density at radius 1 is 1.04 bits per heavy atom. The van der Waals surface area contributed by atoms with E-state index in [1.807, 2.05) is 6.07 Å². The molecule has 126 valence electrons. The fraction of sp³-hybridized carbons (Fsp3) is 0.421. The number of rotatable bonds is 2. The number of fused-ring (bicyclic) bond motifs is 4. The number of hydrazone groups is 1. The van der Waals surface area contributed by atoms with E-state index in [1.165, 1.54) is 0 Å². The summed E-state index contributed by atoms with van der Waals surface area (Å²) < 4.78 is 10.6. The Hall–Kier alpha value is -2.63. The Kier molecular flexibility index (Phi) is 2.35. The monoisotopic (exact) mass is 336 g/mol. The first-order valence-electron chi connectivity index (χ1n) is 8.69. The summed E-state index contributed by atoms with van der Waals surface area (Å²) in [6.07, 6.45) is 8.15. The lowest BCUT2D eigenvalue weighted by Gasteiger charge is -2.18. The molecular formula is C19H16N2O4. The lowest BCUT2D eigenvalue weighted by atomic mass is 9.85. The third-order valence-corrected chi connectivity index (χ3v) is 6.55. The van der Waals surface area contributed by atoms with Crippen molar-refractivity contribution in [3.63, 3.8) is 0 Å². The van der Waals surface area contributed by atoms with Crippen LogP contribution in [-0.4, -0.2) is 29.8 Å². The fourth-order valence-electron chi connectivity index (χ4n) is 5.29. The molecular weight excluding hydrogens is 320 g/mol. The van der Waals surface area contributed by atoms with Crippen molar-refractivity contribution in [2.45, 2.75) is 12.8 Å². The molecule has 2 aliphatic heterocycles. The fourth-order valence-corrected chi connectivity index (χ4v) is 5.29. The number of ether oxygens (including phenoxy) is 2. The highest BCUT2D eigenvalue weighted by Crippen LogP contribution is 2.73. The van der Waals surface area contributed by atoms with Gasteiger partial charge in [-0.2, -0.15) is 10.1 Å². The summed E-state index contributed by atoms with van der Waals surface area (Å²) in [4.78, 5) is 25.6. The van der Waals surface area contributed by atoms with Gasteiger partial charge in [-0.1, -0.05) is 12.2 Å². The lowest BCUT2D eigenvalue weighted by molar-refractivity contribution is -0.141. The minimum Gasteiger partial charge on any atom is -0.454 e. The number of hydrogen-bond donors (Lipinski definition) is 0. The summed E-state index contributed by atoms with van der Waals surface area (Å²) in [5.41, 5.74) is 0.981. The van der Waals surface area contributed by atoms with Crippen molar-refractivity contribution in [1.29, 1.82) is 0 Å². The van der Waals surface area contributed by atoms with Gasteiger partial charge in [0.15, 0.2) is 11.5 Å². The number of nitrogens with zero attached hydrogens (tertiary/aromatic N) is 2. The summed E-state index contributed by atoms with van der Waals surface area (Å²) in [6, 6.07) is 5.42. The molecule has 1 spiro atoms. The van der Waals surface area contributed by atoms with E-state index in [0.29, 0.717) is 11.5 Å². The molecule has 0 N–H and O–H groups in total. The van der Waals surface area contributed by atoms with E-state index < -0.39 is 0 Å². The van der Waals surface area contributed by atoms with Crippen molar-refractivity contribution < 1.29 is 19.1 Å². The van der Waals surface area contributed by atoms with E-state index in [4.69, 9.17) is 9.47 Å². The van der Waals surface area contributed by atoms with Crippen molar-refractivity contribution in [1.82, 2.24) is 5.01 Å².